The van der Waals surface area contributed by atoms with Crippen LogP contribution in [-0.4, -0.2) is 60.8 Å². The Morgan fingerprint density at radius 2 is 1.54 bits per heavy atom. The number of hydrogen-bond donors (Lipinski definition) is 1. The van der Waals surface area contributed by atoms with Gasteiger partial charge in [0.2, 0.25) is 15.9 Å². The number of hydrogen-bond acceptors (Lipinski definition) is 4. The molecule has 0 aromatic heterocycles. The number of carboxylic acid groups (broad SMARTS) is 1. The number of carbonyl (C=O) groups excluding carboxylic acids is 1. The van der Waals surface area contributed by atoms with E-state index in [9.17, 15) is 23.1 Å². The molecule has 2 aliphatic carbocycles. The standard InChI is InChI=1S/C20H26N2O5S/c1-13-2-6-16(7-3-13)28(26,27)22-10-8-21(9-11-22)19(23)17-14-4-5-15(12-14)18(17)20(24)25/h2-3,6-7,14-15,17-18H,4-5,8-12H2,1H3,(H,24,25)/t14-,15+,17-,18+/m1/s1. The minimum atomic E-state index is -3.58. The average Bonchev–Trinajstić information content (AvgIpc) is 3.29. The summed E-state index contributed by atoms with van der Waals surface area (Å²) in [4.78, 5) is 26.7. The fraction of sp³-hybridized carbons (Fsp3) is 0.600. The summed E-state index contributed by atoms with van der Waals surface area (Å²) in [5.74, 6) is -1.73. The fourth-order valence-electron chi connectivity index (χ4n) is 5.22. The van der Waals surface area contributed by atoms with Gasteiger partial charge in [-0.25, -0.2) is 8.42 Å². The highest BCUT2D eigenvalue weighted by atomic mass is 32.2. The molecule has 4 rings (SSSR count). The lowest BCUT2D eigenvalue weighted by Crippen LogP contribution is -2.53. The Morgan fingerprint density at radius 1 is 0.964 bits per heavy atom. The molecule has 8 heteroatoms. The van der Waals surface area contributed by atoms with E-state index in [1.54, 1.807) is 29.2 Å². The Bertz CT molecular complexity index is 874. The van der Waals surface area contributed by atoms with E-state index in [2.05, 4.69) is 0 Å². The minimum absolute atomic E-state index is 0.105. The number of piperazine rings is 1. The number of sulfonamides is 1. The molecule has 1 N–H and O–H groups in total. The topological polar surface area (TPSA) is 95.0 Å². The zero-order valence-corrected chi connectivity index (χ0v) is 16.8. The number of amides is 1. The van der Waals surface area contributed by atoms with Gasteiger partial charge in [0, 0.05) is 26.2 Å². The Kier molecular flexibility index (Phi) is 4.95. The molecule has 0 unspecified atom stereocenters. The first-order valence-electron chi connectivity index (χ1n) is 9.87. The van der Waals surface area contributed by atoms with Crippen LogP contribution in [0.4, 0.5) is 0 Å². The highest BCUT2D eigenvalue weighted by Crippen LogP contribution is 2.53. The summed E-state index contributed by atoms with van der Waals surface area (Å²) in [6.45, 7) is 3.00. The van der Waals surface area contributed by atoms with Crippen molar-refractivity contribution < 1.29 is 23.1 Å². The zero-order valence-electron chi connectivity index (χ0n) is 16.0. The van der Waals surface area contributed by atoms with Gasteiger partial charge in [0.05, 0.1) is 16.7 Å². The van der Waals surface area contributed by atoms with Crippen LogP contribution in [0.1, 0.15) is 24.8 Å². The molecule has 3 fully saturated rings. The van der Waals surface area contributed by atoms with E-state index in [0.29, 0.717) is 13.1 Å². The minimum Gasteiger partial charge on any atom is -0.481 e. The van der Waals surface area contributed by atoms with Gasteiger partial charge >= 0.3 is 5.97 Å². The van der Waals surface area contributed by atoms with E-state index in [4.69, 9.17) is 0 Å². The van der Waals surface area contributed by atoms with Crippen LogP contribution >= 0.6 is 0 Å². The van der Waals surface area contributed by atoms with E-state index in [1.165, 1.54) is 4.31 Å². The number of rotatable bonds is 4. The first-order valence-corrected chi connectivity index (χ1v) is 11.3. The summed E-state index contributed by atoms with van der Waals surface area (Å²) in [5, 5.41) is 9.59. The van der Waals surface area contributed by atoms with Crippen molar-refractivity contribution in [3.63, 3.8) is 0 Å². The molecule has 1 saturated heterocycles. The number of carbonyl (C=O) groups is 2. The molecular formula is C20H26N2O5S. The van der Waals surface area contributed by atoms with Gasteiger partial charge in [-0.3, -0.25) is 9.59 Å². The van der Waals surface area contributed by atoms with Gasteiger partial charge in [-0.15, -0.1) is 0 Å². The molecule has 152 valence electrons. The second kappa shape index (κ2) is 7.15. The van der Waals surface area contributed by atoms with Crippen molar-refractivity contribution in [1.29, 1.82) is 0 Å². The number of benzene rings is 1. The monoisotopic (exact) mass is 406 g/mol. The van der Waals surface area contributed by atoms with Crippen molar-refractivity contribution in [3.05, 3.63) is 29.8 Å². The molecule has 1 amide bonds. The van der Waals surface area contributed by atoms with Crippen LogP contribution in [0.2, 0.25) is 0 Å². The number of aryl methyl sites for hydroxylation is 1. The maximum absolute atomic E-state index is 13.1. The molecular weight excluding hydrogens is 380 g/mol. The van der Waals surface area contributed by atoms with Gasteiger partial charge in [0.15, 0.2) is 0 Å². The lowest BCUT2D eigenvalue weighted by atomic mass is 9.78. The third kappa shape index (κ3) is 3.22. The Hall–Kier alpha value is -1.93. The molecule has 1 aliphatic heterocycles. The second-order valence-electron chi connectivity index (χ2n) is 8.27. The van der Waals surface area contributed by atoms with Gasteiger partial charge in [-0.2, -0.15) is 4.31 Å². The molecule has 0 spiro atoms. The smallest absolute Gasteiger partial charge is 0.307 e. The predicted octanol–water partition coefficient (Wildman–Crippen LogP) is 1.57. The van der Waals surface area contributed by atoms with Gasteiger partial charge in [-0.1, -0.05) is 17.7 Å². The molecule has 7 nitrogen and oxygen atoms in total. The molecule has 1 heterocycles. The first kappa shape index (κ1) is 19.4. The molecule has 0 radical (unpaired) electrons. The van der Waals surface area contributed by atoms with E-state index in [-0.39, 0.29) is 35.7 Å². The van der Waals surface area contributed by atoms with Crippen molar-refractivity contribution in [2.45, 2.75) is 31.1 Å². The molecule has 28 heavy (non-hydrogen) atoms. The van der Waals surface area contributed by atoms with E-state index >= 15 is 0 Å². The Balaban J connectivity index is 1.43. The van der Waals surface area contributed by atoms with Crippen LogP contribution in [0, 0.1) is 30.6 Å². The fourth-order valence-corrected chi connectivity index (χ4v) is 6.64. The van der Waals surface area contributed by atoms with E-state index < -0.39 is 27.8 Å². The number of aliphatic carboxylic acids is 1. The van der Waals surface area contributed by atoms with Gasteiger partial charge in [0.25, 0.3) is 0 Å². The SMILES string of the molecule is Cc1ccc(S(=O)(=O)N2CCN(C(=O)[C@@H]3[C@@H]4CC[C@@H](C4)[C@@H]3C(=O)O)CC2)cc1. The van der Waals surface area contributed by atoms with Crippen molar-refractivity contribution >= 4 is 21.9 Å². The summed E-state index contributed by atoms with van der Waals surface area (Å²) < 4.78 is 27.1. The van der Waals surface area contributed by atoms with Crippen LogP contribution in [-0.2, 0) is 19.6 Å². The normalized spacial score (nSPS) is 30.5. The summed E-state index contributed by atoms with van der Waals surface area (Å²) >= 11 is 0. The second-order valence-corrected chi connectivity index (χ2v) is 10.2. The van der Waals surface area contributed by atoms with Crippen LogP contribution in [0.5, 0.6) is 0 Å². The summed E-state index contributed by atoms with van der Waals surface area (Å²) in [6, 6.07) is 6.76. The summed E-state index contributed by atoms with van der Waals surface area (Å²) in [7, 11) is -3.58. The number of fused-ring (bicyclic) bond motifs is 2. The van der Waals surface area contributed by atoms with E-state index in [1.807, 2.05) is 6.92 Å². The van der Waals surface area contributed by atoms with Crippen LogP contribution in [0.25, 0.3) is 0 Å². The molecule has 1 aromatic rings. The largest absolute Gasteiger partial charge is 0.481 e. The van der Waals surface area contributed by atoms with Gasteiger partial charge in [0.1, 0.15) is 0 Å². The van der Waals surface area contributed by atoms with Gasteiger partial charge < -0.3 is 10.0 Å². The highest BCUT2D eigenvalue weighted by Gasteiger charge is 2.55. The Morgan fingerprint density at radius 3 is 2.11 bits per heavy atom. The number of carboxylic acids is 1. The molecule has 3 aliphatic rings. The van der Waals surface area contributed by atoms with Crippen molar-refractivity contribution in [2.75, 3.05) is 26.2 Å². The van der Waals surface area contributed by atoms with E-state index in [0.717, 1.165) is 24.8 Å². The predicted molar refractivity (Wildman–Crippen MR) is 102 cm³/mol. The first-order chi connectivity index (χ1) is 13.3. The molecule has 1 aromatic carbocycles. The molecule has 2 saturated carbocycles. The van der Waals surface area contributed by atoms with Crippen LogP contribution in [0.15, 0.2) is 29.2 Å². The maximum Gasteiger partial charge on any atom is 0.307 e. The summed E-state index contributed by atoms with van der Waals surface area (Å²) in [6.07, 6.45) is 2.65. The van der Waals surface area contributed by atoms with Crippen molar-refractivity contribution in [1.82, 2.24) is 9.21 Å². The lowest BCUT2D eigenvalue weighted by molar-refractivity contribution is -0.153. The van der Waals surface area contributed by atoms with Crippen LogP contribution < -0.4 is 0 Å². The zero-order chi connectivity index (χ0) is 20.1. The molecule has 4 atom stereocenters. The lowest BCUT2D eigenvalue weighted by Gasteiger charge is -2.37. The highest BCUT2D eigenvalue weighted by molar-refractivity contribution is 7.89. The quantitative estimate of drug-likeness (QED) is 0.819. The number of nitrogens with zero attached hydrogens (tertiary/aromatic N) is 2. The average molecular weight is 407 g/mol. The maximum atomic E-state index is 13.1. The summed E-state index contributed by atoms with van der Waals surface area (Å²) in [5.41, 5.74) is 0.994. The third-order valence-electron chi connectivity index (χ3n) is 6.70. The third-order valence-corrected chi connectivity index (χ3v) is 8.61. The van der Waals surface area contributed by atoms with Gasteiger partial charge in [-0.05, 0) is 50.2 Å². The Labute approximate surface area is 165 Å². The van der Waals surface area contributed by atoms with Crippen molar-refractivity contribution in [2.24, 2.45) is 23.7 Å². The van der Waals surface area contributed by atoms with Crippen molar-refractivity contribution in [3.8, 4) is 0 Å². The van der Waals surface area contributed by atoms with Crippen LogP contribution in [0.3, 0.4) is 0 Å². The molecule has 2 bridgehead atoms.